The molecule has 1 saturated carbocycles. The Morgan fingerprint density at radius 1 is 0.914 bits per heavy atom. The first-order valence-corrected chi connectivity index (χ1v) is 12.5. The highest BCUT2D eigenvalue weighted by molar-refractivity contribution is 6.42. The Hall–Kier alpha value is -3.40. The van der Waals surface area contributed by atoms with Crippen LogP contribution in [-0.4, -0.2) is 25.6 Å². The van der Waals surface area contributed by atoms with Crippen LogP contribution in [0.3, 0.4) is 0 Å². The van der Waals surface area contributed by atoms with E-state index in [-0.39, 0.29) is 6.42 Å². The maximum Gasteiger partial charge on any atom is 0.224 e. The van der Waals surface area contributed by atoms with Gasteiger partial charge in [0.25, 0.3) is 0 Å². The largest absolute Gasteiger partial charge is 0.351 e. The predicted octanol–water partition coefficient (Wildman–Crippen LogP) is 7.11. The van der Waals surface area contributed by atoms with Crippen LogP contribution in [0.25, 0.3) is 28.3 Å². The quantitative estimate of drug-likeness (QED) is 0.303. The van der Waals surface area contributed by atoms with Crippen LogP contribution < -0.4 is 5.32 Å². The van der Waals surface area contributed by atoms with Crippen LogP contribution in [0.4, 0.5) is 5.95 Å². The van der Waals surface area contributed by atoms with Gasteiger partial charge in [-0.05, 0) is 42.2 Å². The van der Waals surface area contributed by atoms with Crippen LogP contribution in [0.15, 0.2) is 60.9 Å². The van der Waals surface area contributed by atoms with E-state index in [1.807, 2.05) is 47.0 Å². The fraction of sp³-hybridized carbons (Fsp3) is 0.259. The minimum Gasteiger partial charge on any atom is -0.351 e. The van der Waals surface area contributed by atoms with Crippen molar-refractivity contribution in [2.24, 2.45) is 0 Å². The third-order valence-corrected chi connectivity index (χ3v) is 7.04. The molecule has 5 rings (SSSR count). The van der Waals surface area contributed by atoms with E-state index in [1.54, 1.807) is 18.5 Å². The van der Waals surface area contributed by atoms with E-state index in [4.69, 9.17) is 28.2 Å². The van der Waals surface area contributed by atoms with Gasteiger partial charge >= 0.3 is 0 Å². The average Bonchev–Trinajstić information content (AvgIpc) is 3.30. The van der Waals surface area contributed by atoms with Crippen molar-refractivity contribution < 1.29 is 0 Å². The molecule has 1 aliphatic rings. The molecule has 1 aliphatic carbocycles. The molecule has 0 bridgehead atoms. The van der Waals surface area contributed by atoms with Crippen molar-refractivity contribution in [3.63, 3.8) is 0 Å². The maximum absolute atomic E-state index is 9.39. The van der Waals surface area contributed by atoms with Gasteiger partial charge in [-0.15, -0.1) is 0 Å². The molecule has 1 fully saturated rings. The zero-order valence-corrected chi connectivity index (χ0v) is 20.6. The van der Waals surface area contributed by atoms with Crippen LogP contribution in [0.2, 0.25) is 10.0 Å². The smallest absolute Gasteiger partial charge is 0.224 e. The summed E-state index contributed by atoms with van der Waals surface area (Å²) in [5.41, 5.74) is 3.69. The Labute approximate surface area is 214 Å². The first kappa shape index (κ1) is 23.3. The van der Waals surface area contributed by atoms with E-state index in [9.17, 15) is 5.26 Å². The summed E-state index contributed by atoms with van der Waals surface area (Å²) in [6.07, 6.45) is 9.73. The Morgan fingerprint density at radius 2 is 1.66 bits per heavy atom. The minimum absolute atomic E-state index is 0.226. The third kappa shape index (κ3) is 5.17. The molecule has 0 atom stereocenters. The average molecular weight is 503 g/mol. The SMILES string of the molecule is N#CCc1cnc(-c2ccc(-c3ccc(Cl)c(Cl)c3)cc2)n1-c1ccnc(NC2CCCCC2)n1. The van der Waals surface area contributed by atoms with Gasteiger partial charge in [-0.2, -0.15) is 10.2 Å². The van der Waals surface area contributed by atoms with Crippen LogP contribution in [0, 0.1) is 11.3 Å². The molecule has 1 N–H and O–H groups in total. The van der Waals surface area contributed by atoms with Crippen molar-refractivity contribution in [3.8, 4) is 34.4 Å². The Kier molecular flexibility index (Phi) is 6.98. The van der Waals surface area contributed by atoms with Crippen molar-refractivity contribution in [3.05, 3.63) is 76.7 Å². The second-order valence-corrected chi connectivity index (χ2v) is 9.48. The molecule has 6 nitrogen and oxygen atoms in total. The number of aromatic nitrogens is 4. The number of halogens is 2. The summed E-state index contributed by atoms with van der Waals surface area (Å²) in [5.74, 6) is 2.01. The molecule has 8 heteroatoms. The van der Waals surface area contributed by atoms with Gasteiger partial charge in [0.05, 0.1) is 34.4 Å². The molecule has 35 heavy (non-hydrogen) atoms. The van der Waals surface area contributed by atoms with E-state index in [0.29, 0.717) is 27.9 Å². The zero-order valence-electron chi connectivity index (χ0n) is 19.1. The Balaban J connectivity index is 1.48. The van der Waals surface area contributed by atoms with Gasteiger partial charge in [0.1, 0.15) is 11.6 Å². The van der Waals surface area contributed by atoms with Gasteiger partial charge < -0.3 is 5.32 Å². The molecule has 2 aromatic heterocycles. The first-order chi connectivity index (χ1) is 17.1. The Bertz CT molecular complexity index is 1370. The Morgan fingerprint density at radius 3 is 2.40 bits per heavy atom. The molecular weight excluding hydrogens is 479 g/mol. The minimum atomic E-state index is 0.226. The van der Waals surface area contributed by atoms with E-state index in [2.05, 4.69) is 21.4 Å². The lowest BCUT2D eigenvalue weighted by Crippen LogP contribution is -2.23. The number of hydrogen-bond acceptors (Lipinski definition) is 5. The molecule has 0 saturated heterocycles. The van der Waals surface area contributed by atoms with Crippen molar-refractivity contribution in [1.29, 1.82) is 5.26 Å². The van der Waals surface area contributed by atoms with Crippen LogP contribution >= 0.6 is 23.2 Å². The van der Waals surface area contributed by atoms with Crippen molar-refractivity contribution in [2.75, 3.05) is 5.32 Å². The summed E-state index contributed by atoms with van der Waals surface area (Å²) in [6.45, 7) is 0. The third-order valence-electron chi connectivity index (χ3n) is 6.30. The summed E-state index contributed by atoms with van der Waals surface area (Å²) < 4.78 is 1.94. The molecule has 0 unspecified atom stereocenters. The van der Waals surface area contributed by atoms with Crippen LogP contribution in [0.1, 0.15) is 37.8 Å². The van der Waals surface area contributed by atoms with Crippen molar-refractivity contribution >= 4 is 29.2 Å². The van der Waals surface area contributed by atoms with Crippen molar-refractivity contribution in [2.45, 2.75) is 44.6 Å². The monoisotopic (exact) mass is 502 g/mol. The molecule has 176 valence electrons. The number of imidazole rings is 1. The molecule has 0 amide bonds. The number of rotatable bonds is 6. The molecule has 4 aromatic rings. The highest BCUT2D eigenvalue weighted by Crippen LogP contribution is 2.31. The lowest BCUT2D eigenvalue weighted by molar-refractivity contribution is 0.461. The van der Waals surface area contributed by atoms with E-state index in [1.165, 1.54) is 19.3 Å². The summed E-state index contributed by atoms with van der Waals surface area (Å²) in [5, 5.41) is 13.9. The number of nitrogens with one attached hydrogen (secondary N) is 1. The number of anilines is 1. The predicted molar refractivity (Wildman–Crippen MR) is 140 cm³/mol. The highest BCUT2D eigenvalue weighted by Gasteiger charge is 2.18. The van der Waals surface area contributed by atoms with Gasteiger partial charge in [0.15, 0.2) is 0 Å². The molecule has 2 aromatic carbocycles. The maximum atomic E-state index is 9.39. The van der Waals surface area contributed by atoms with E-state index < -0.39 is 0 Å². The number of hydrogen-bond donors (Lipinski definition) is 1. The van der Waals surface area contributed by atoms with Crippen LogP contribution in [-0.2, 0) is 6.42 Å². The lowest BCUT2D eigenvalue weighted by atomic mass is 9.96. The molecular formula is C27H24Cl2N6. The molecule has 0 spiro atoms. The number of benzene rings is 2. The van der Waals surface area contributed by atoms with Gasteiger partial charge in [0.2, 0.25) is 5.95 Å². The lowest BCUT2D eigenvalue weighted by Gasteiger charge is -2.23. The summed E-state index contributed by atoms with van der Waals surface area (Å²) in [6, 6.07) is 18.1. The van der Waals surface area contributed by atoms with Gasteiger partial charge in [0, 0.05) is 17.8 Å². The van der Waals surface area contributed by atoms with Gasteiger partial charge in [-0.1, -0.05) is 72.8 Å². The summed E-state index contributed by atoms with van der Waals surface area (Å²) in [4.78, 5) is 13.9. The van der Waals surface area contributed by atoms with Gasteiger partial charge in [-0.25, -0.2) is 9.97 Å². The van der Waals surface area contributed by atoms with Crippen LogP contribution in [0.5, 0.6) is 0 Å². The summed E-state index contributed by atoms with van der Waals surface area (Å²) >= 11 is 12.3. The second-order valence-electron chi connectivity index (χ2n) is 8.67. The highest BCUT2D eigenvalue weighted by atomic mass is 35.5. The zero-order chi connectivity index (χ0) is 24.2. The topological polar surface area (TPSA) is 79.4 Å². The summed E-state index contributed by atoms with van der Waals surface area (Å²) in [7, 11) is 0. The normalized spacial score (nSPS) is 14.0. The second kappa shape index (κ2) is 10.5. The van der Waals surface area contributed by atoms with E-state index in [0.717, 1.165) is 41.1 Å². The fourth-order valence-electron chi connectivity index (χ4n) is 4.51. The number of nitrogens with zero attached hydrogens (tertiary/aromatic N) is 5. The standard InChI is InChI=1S/C27H24Cl2N6/c28-23-11-10-20(16-24(23)29)18-6-8-19(9-7-18)26-32-17-22(12-14-30)35(26)25-13-15-31-27(34-25)33-21-4-2-1-3-5-21/h6-11,13,15-17,21H,1-5,12H2,(H,31,33,34). The van der Waals surface area contributed by atoms with Gasteiger partial charge in [-0.3, -0.25) is 4.57 Å². The first-order valence-electron chi connectivity index (χ1n) is 11.7. The van der Waals surface area contributed by atoms with Crippen molar-refractivity contribution in [1.82, 2.24) is 19.5 Å². The fourth-order valence-corrected chi connectivity index (χ4v) is 4.81. The van der Waals surface area contributed by atoms with E-state index >= 15 is 0 Å². The molecule has 2 heterocycles. The molecule has 0 radical (unpaired) electrons. The number of nitriles is 1. The molecule has 0 aliphatic heterocycles.